The molecular formula is C17H23N3OSi. The molecule has 1 heterocycles. The van der Waals surface area contributed by atoms with Crippen molar-refractivity contribution in [1.82, 2.24) is 9.78 Å². The maximum atomic E-state index is 9.12. The Balaban J connectivity index is 1.88. The first-order valence-corrected chi connectivity index (χ1v) is 11.3. The first-order valence-electron chi connectivity index (χ1n) is 7.55. The summed E-state index contributed by atoms with van der Waals surface area (Å²) in [7, 11) is -1.04. The molecule has 1 aromatic heterocycles. The van der Waals surface area contributed by atoms with E-state index in [0.29, 0.717) is 6.73 Å². The minimum Gasteiger partial charge on any atom is -0.360 e. The topological polar surface area (TPSA) is 50.8 Å². The highest BCUT2D eigenvalue weighted by atomic mass is 28.3. The molecule has 116 valence electrons. The fraction of sp³-hybridized carbons (Fsp3) is 0.412. The van der Waals surface area contributed by atoms with Gasteiger partial charge < -0.3 is 4.74 Å². The van der Waals surface area contributed by atoms with Crippen molar-refractivity contribution in [2.75, 3.05) is 6.61 Å². The molecule has 0 atom stereocenters. The molecule has 0 radical (unpaired) electrons. The molecule has 0 aliphatic heterocycles. The fourth-order valence-corrected chi connectivity index (χ4v) is 2.86. The second-order valence-electron chi connectivity index (χ2n) is 6.68. The molecular weight excluding hydrogens is 290 g/mol. The van der Waals surface area contributed by atoms with Crippen LogP contribution in [0, 0.1) is 11.3 Å². The van der Waals surface area contributed by atoms with Crippen LogP contribution in [0.4, 0.5) is 0 Å². The summed E-state index contributed by atoms with van der Waals surface area (Å²) in [4.78, 5) is 0. The predicted molar refractivity (Wildman–Crippen MR) is 90.3 cm³/mol. The van der Waals surface area contributed by atoms with Gasteiger partial charge in [-0.15, -0.1) is 0 Å². The van der Waals surface area contributed by atoms with Crippen molar-refractivity contribution in [3.05, 3.63) is 53.3 Å². The van der Waals surface area contributed by atoms with E-state index in [-0.39, 0.29) is 0 Å². The third kappa shape index (κ3) is 5.13. The number of ether oxygens (including phenoxy) is 1. The van der Waals surface area contributed by atoms with Crippen molar-refractivity contribution >= 4 is 8.07 Å². The van der Waals surface area contributed by atoms with Crippen LogP contribution in [0.1, 0.15) is 16.7 Å². The Morgan fingerprint density at radius 2 is 2.05 bits per heavy atom. The molecule has 0 aliphatic carbocycles. The molecule has 22 heavy (non-hydrogen) atoms. The van der Waals surface area contributed by atoms with Crippen molar-refractivity contribution in [1.29, 1.82) is 5.26 Å². The molecule has 0 aliphatic rings. The van der Waals surface area contributed by atoms with Crippen LogP contribution < -0.4 is 0 Å². The van der Waals surface area contributed by atoms with Crippen LogP contribution in [0.2, 0.25) is 25.7 Å². The van der Waals surface area contributed by atoms with Gasteiger partial charge in [0, 0.05) is 27.3 Å². The van der Waals surface area contributed by atoms with Crippen LogP contribution in [0.25, 0.3) is 0 Å². The van der Waals surface area contributed by atoms with E-state index in [1.54, 1.807) is 0 Å². The lowest BCUT2D eigenvalue weighted by molar-refractivity contribution is 0.0785. The number of nitrogens with zero attached hydrogens (tertiary/aromatic N) is 3. The van der Waals surface area contributed by atoms with E-state index < -0.39 is 8.07 Å². The standard InChI is InChI=1S/C17H23N3OSi/c1-22(2,3)9-8-21-14-20-13-15(12-19-20)10-16-6-4-5-7-17(16)11-18/h4-7,12-13H,8-10,14H2,1-3H3. The Bertz CT molecular complexity index is 652. The SMILES string of the molecule is C[Si](C)(C)CCOCn1cc(Cc2ccccc2C#N)cn1. The molecule has 0 saturated heterocycles. The van der Waals surface area contributed by atoms with Crippen LogP contribution in [0.5, 0.6) is 0 Å². The van der Waals surface area contributed by atoms with Crippen LogP contribution in [-0.2, 0) is 17.9 Å². The number of hydrogen-bond donors (Lipinski definition) is 0. The van der Waals surface area contributed by atoms with E-state index in [4.69, 9.17) is 10.00 Å². The Morgan fingerprint density at radius 3 is 2.77 bits per heavy atom. The van der Waals surface area contributed by atoms with E-state index >= 15 is 0 Å². The van der Waals surface area contributed by atoms with Crippen molar-refractivity contribution in [2.24, 2.45) is 0 Å². The van der Waals surface area contributed by atoms with E-state index in [1.165, 1.54) is 0 Å². The monoisotopic (exact) mass is 313 g/mol. The Hall–Kier alpha value is -1.90. The van der Waals surface area contributed by atoms with Gasteiger partial charge in [-0.3, -0.25) is 0 Å². The van der Waals surface area contributed by atoms with Gasteiger partial charge in [0.05, 0.1) is 17.8 Å². The zero-order valence-electron chi connectivity index (χ0n) is 13.5. The second-order valence-corrected chi connectivity index (χ2v) is 12.3. The van der Waals surface area contributed by atoms with Crippen LogP contribution in [0.15, 0.2) is 36.7 Å². The number of rotatable bonds is 7. The molecule has 0 amide bonds. The van der Waals surface area contributed by atoms with Gasteiger partial charge in [0.2, 0.25) is 0 Å². The molecule has 0 fully saturated rings. The fourth-order valence-electron chi connectivity index (χ4n) is 2.11. The van der Waals surface area contributed by atoms with Gasteiger partial charge in [-0.25, -0.2) is 4.68 Å². The quantitative estimate of drug-likeness (QED) is 0.579. The van der Waals surface area contributed by atoms with Crippen molar-refractivity contribution in [2.45, 2.75) is 38.8 Å². The number of aromatic nitrogens is 2. The van der Waals surface area contributed by atoms with Gasteiger partial charge in [-0.2, -0.15) is 10.4 Å². The smallest absolute Gasteiger partial charge is 0.139 e. The third-order valence-corrected chi connectivity index (χ3v) is 5.14. The summed E-state index contributed by atoms with van der Waals surface area (Å²) >= 11 is 0. The molecule has 0 saturated carbocycles. The summed E-state index contributed by atoms with van der Waals surface area (Å²) in [6, 6.07) is 11.1. The zero-order valence-corrected chi connectivity index (χ0v) is 14.5. The van der Waals surface area contributed by atoms with Gasteiger partial charge in [0.25, 0.3) is 0 Å². The summed E-state index contributed by atoms with van der Waals surface area (Å²) in [5.41, 5.74) is 2.85. The number of hydrogen-bond acceptors (Lipinski definition) is 3. The average Bonchev–Trinajstić information content (AvgIpc) is 2.91. The third-order valence-electron chi connectivity index (χ3n) is 3.44. The summed E-state index contributed by atoms with van der Waals surface area (Å²) in [6.45, 7) is 8.31. The minimum atomic E-state index is -1.04. The van der Waals surface area contributed by atoms with Gasteiger partial charge in [-0.1, -0.05) is 37.8 Å². The summed E-state index contributed by atoms with van der Waals surface area (Å²) < 4.78 is 7.50. The summed E-state index contributed by atoms with van der Waals surface area (Å²) in [5.74, 6) is 0. The lowest BCUT2D eigenvalue weighted by Gasteiger charge is -2.15. The number of nitriles is 1. The Kier molecular flexibility index (Phi) is 5.53. The normalized spacial score (nSPS) is 11.4. The maximum Gasteiger partial charge on any atom is 0.139 e. The first-order chi connectivity index (χ1) is 10.5. The molecule has 0 N–H and O–H groups in total. The van der Waals surface area contributed by atoms with Crippen LogP contribution >= 0.6 is 0 Å². The van der Waals surface area contributed by atoms with E-state index in [2.05, 4.69) is 30.8 Å². The van der Waals surface area contributed by atoms with E-state index in [9.17, 15) is 0 Å². The molecule has 2 aromatic rings. The van der Waals surface area contributed by atoms with Crippen LogP contribution in [-0.4, -0.2) is 24.5 Å². The highest BCUT2D eigenvalue weighted by Crippen LogP contribution is 2.13. The van der Waals surface area contributed by atoms with E-state index in [0.717, 1.165) is 35.8 Å². The molecule has 2 rings (SSSR count). The first kappa shape index (κ1) is 16.5. The Labute approximate surface area is 133 Å². The molecule has 1 aromatic carbocycles. The summed E-state index contributed by atoms with van der Waals surface area (Å²) in [6.07, 6.45) is 4.55. The van der Waals surface area contributed by atoms with Gasteiger partial charge >= 0.3 is 0 Å². The second kappa shape index (κ2) is 7.39. The Morgan fingerprint density at radius 1 is 1.27 bits per heavy atom. The summed E-state index contributed by atoms with van der Waals surface area (Å²) in [5, 5.41) is 13.4. The van der Waals surface area contributed by atoms with Crippen molar-refractivity contribution < 1.29 is 4.74 Å². The van der Waals surface area contributed by atoms with Gasteiger partial charge in [0.1, 0.15) is 6.73 Å². The predicted octanol–water partition coefficient (Wildman–Crippen LogP) is 3.66. The van der Waals surface area contributed by atoms with Gasteiger partial charge in [0.15, 0.2) is 0 Å². The average molecular weight is 313 g/mol. The minimum absolute atomic E-state index is 0.490. The van der Waals surface area contributed by atoms with Crippen molar-refractivity contribution in [3.8, 4) is 6.07 Å². The van der Waals surface area contributed by atoms with E-state index in [1.807, 2.05) is 41.3 Å². The van der Waals surface area contributed by atoms with Gasteiger partial charge in [-0.05, 0) is 23.2 Å². The molecule has 0 unspecified atom stereocenters. The highest BCUT2D eigenvalue weighted by Gasteiger charge is 2.12. The largest absolute Gasteiger partial charge is 0.360 e. The van der Waals surface area contributed by atoms with Crippen molar-refractivity contribution in [3.63, 3.8) is 0 Å². The number of benzene rings is 1. The molecule has 5 heteroatoms. The maximum absolute atomic E-state index is 9.12. The zero-order chi connectivity index (χ0) is 16.0. The molecule has 4 nitrogen and oxygen atoms in total. The molecule has 0 bridgehead atoms. The molecule has 0 spiro atoms. The lowest BCUT2D eigenvalue weighted by Crippen LogP contribution is -2.22. The lowest BCUT2D eigenvalue weighted by atomic mass is 10.0. The highest BCUT2D eigenvalue weighted by molar-refractivity contribution is 6.76. The van der Waals surface area contributed by atoms with Crippen LogP contribution in [0.3, 0.4) is 0 Å².